The first kappa shape index (κ1) is 15.4. The Bertz CT molecular complexity index is 604. The van der Waals surface area contributed by atoms with Gasteiger partial charge >= 0.3 is 5.97 Å². The molecule has 0 radical (unpaired) electrons. The molecule has 1 aliphatic rings. The van der Waals surface area contributed by atoms with E-state index < -0.39 is 16.8 Å². The average Bonchev–Trinajstić information content (AvgIpc) is 2.42. The van der Waals surface area contributed by atoms with Gasteiger partial charge in [0.1, 0.15) is 0 Å². The van der Waals surface area contributed by atoms with Gasteiger partial charge in [-0.2, -0.15) is 0 Å². The zero-order valence-electron chi connectivity index (χ0n) is 11.0. The summed E-state index contributed by atoms with van der Waals surface area (Å²) in [6.45, 7) is 0.133. The van der Waals surface area contributed by atoms with Crippen LogP contribution >= 0.6 is 15.9 Å². The quantitative estimate of drug-likeness (QED) is 0.658. The number of carbonyl (C=O) groups excluding carboxylic acids is 1. The Kier molecular flexibility index (Phi) is 4.56. The molecule has 0 spiro atoms. The molecule has 0 saturated carbocycles. The number of carboxylic acid groups (broad SMARTS) is 1. The van der Waals surface area contributed by atoms with E-state index in [1.807, 2.05) is 0 Å². The van der Waals surface area contributed by atoms with Crippen LogP contribution < -0.4 is 0 Å². The van der Waals surface area contributed by atoms with Crippen molar-refractivity contribution in [2.45, 2.75) is 19.4 Å². The van der Waals surface area contributed by atoms with E-state index in [0.29, 0.717) is 16.5 Å². The van der Waals surface area contributed by atoms with Crippen molar-refractivity contribution in [3.05, 3.63) is 38.3 Å². The van der Waals surface area contributed by atoms with Crippen LogP contribution in [0.5, 0.6) is 0 Å². The summed E-state index contributed by atoms with van der Waals surface area (Å²) in [5.41, 5.74) is 0.303. The van der Waals surface area contributed by atoms with Gasteiger partial charge in [0.25, 0.3) is 5.69 Å². The highest BCUT2D eigenvalue weighted by Gasteiger charge is 2.31. The Labute approximate surface area is 128 Å². The highest BCUT2D eigenvalue weighted by Crippen LogP contribution is 2.27. The molecule has 1 unspecified atom stereocenters. The molecule has 0 bridgehead atoms. The maximum absolute atomic E-state index is 11.9. The van der Waals surface area contributed by atoms with Crippen LogP contribution in [-0.2, 0) is 16.1 Å². The number of carboxylic acids is 1. The summed E-state index contributed by atoms with van der Waals surface area (Å²) in [5.74, 6) is -1.74. The van der Waals surface area contributed by atoms with Crippen molar-refractivity contribution in [3.63, 3.8) is 0 Å². The van der Waals surface area contributed by atoms with Crippen LogP contribution in [0.4, 0.5) is 5.69 Å². The monoisotopic (exact) mass is 356 g/mol. The predicted molar refractivity (Wildman–Crippen MR) is 76.6 cm³/mol. The summed E-state index contributed by atoms with van der Waals surface area (Å²) in [7, 11) is 0. The van der Waals surface area contributed by atoms with Crippen LogP contribution in [0.1, 0.15) is 18.4 Å². The van der Waals surface area contributed by atoms with E-state index in [9.17, 15) is 19.7 Å². The lowest BCUT2D eigenvalue weighted by molar-refractivity contribution is -0.385. The van der Waals surface area contributed by atoms with Crippen molar-refractivity contribution >= 4 is 33.5 Å². The number of rotatable bonds is 4. The van der Waals surface area contributed by atoms with E-state index in [2.05, 4.69) is 15.9 Å². The molecule has 7 nitrogen and oxygen atoms in total. The fourth-order valence-corrected chi connectivity index (χ4v) is 2.66. The van der Waals surface area contributed by atoms with E-state index in [4.69, 9.17) is 5.11 Å². The third-order valence-corrected chi connectivity index (χ3v) is 3.95. The minimum atomic E-state index is -0.946. The van der Waals surface area contributed by atoms with E-state index in [0.717, 1.165) is 0 Å². The second kappa shape index (κ2) is 6.21. The molecule has 21 heavy (non-hydrogen) atoms. The van der Waals surface area contributed by atoms with Crippen molar-refractivity contribution in [2.24, 2.45) is 5.92 Å². The van der Waals surface area contributed by atoms with Crippen LogP contribution in [0.3, 0.4) is 0 Å². The minimum absolute atomic E-state index is 0.0478. The molecule has 1 heterocycles. The van der Waals surface area contributed by atoms with Gasteiger partial charge in [-0.3, -0.25) is 19.7 Å². The normalized spacial score (nSPS) is 18.6. The standard InChI is InChI=1S/C13H13BrN2O5/c14-10-3-1-8(11(5-10)16(20)21)6-15-7-9(13(18)19)2-4-12(15)17/h1,3,5,9H,2,4,6-7H2,(H,18,19). The Hall–Kier alpha value is -1.96. The molecule has 1 aromatic rings. The number of benzene rings is 1. The van der Waals surface area contributed by atoms with Crippen molar-refractivity contribution in [2.75, 3.05) is 6.54 Å². The maximum Gasteiger partial charge on any atom is 0.308 e. The van der Waals surface area contributed by atoms with Crippen LogP contribution in [0, 0.1) is 16.0 Å². The number of piperidine rings is 1. The molecule has 1 fully saturated rings. The molecule has 1 amide bonds. The molecule has 1 atom stereocenters. The van der Waals surface area contributed by atoms with Gasteiger partial charge in [-0.25, -0.2) is 0 Å². The number of likely N-dealkylation sites (tertiary alicyclic amines) is 1. The van der Waals surface area contributed by atoms with Crippen molar-refractivity contribution in [3.8, 4) is 0 Å². The number of aliphatic carboxylic acids is 1. The first-order chi connectivity index (χ1) is 9.88. The van der Waals surface area contributed by atoms with Crippen molar-refractivity contribution < 1.29 is 19.6 Å². The molecule has 1 aromatic carbocycles. The number of halogens is 1. The molecule has 8 heteroatoms. The molecule has 1 aliphatic heterocycles. The number of amides is 1. The maximum atomic E-state index is 11.9. The molecule has 0 aromatic heterocycles. The van der Waals surface area contributed by atoms with E-state index >= 15 is 0 Å². The van der Waals surface area contributed by atoms with E-state index in [1.165, 1.54) is 11.0 Å². The Morgan fingerprint density at radius 2 is 2.24 bits per heavy atom. The SMILES string of the molecule is O=C(O)C1CCC(=O)N(Cc2ccc(Br)cc2[N+](=O)[O-])C1. The molecular weight excluding hydrogens is 344 g/mol. The van der Waals surface area contributed by atoms with Gasteiger partial charge in [-0.05, 0) is 18.6 Å². The third-order valence-electron chi connectivity index (χ3n) is 3.45. The Balaban J connectivity index is 2.22. The predicted octanol–water partition coefficient (Wildman–Crippen LogP) is 2.18. The molecule has 1 N–H and O–H groups in total. The van der Waals surface area contributed by atoms with Gasteiger partial charge in [-0.1, -0.05) is 15.9 Å². The minimum Gasteiger partial charge on any atom is -0.481 e. The molecule has 112 valence electrons. The Morgan fingerprint density at radius 1 is 1.52 bits per heavy atom. The lowest BCUT2D eigenvalue weighted by atomic mass is 9.97. The second-order valence-electron chi connectivity index (χ2n) is 4.88. The Morgan fingerprint density at radius 3 is 2.86 bits per heavy atom. The van der Waals surface area contributed by atoms with Crippen molar-refractivity contribution in [1.29, 1.82) is 0 Å². The summed E-state index contributed by atoms with van der Waals surface area (Å²) in [5, 5.41) is 20.1. The first-order valence-corrected chi connectivity index (χ1v) is 7.11. The van der Waals surface area contributed by atoms with Crippen LogP contribution in [0.25, 0.3) is 0 Å². The lowest BCUT2D eigenvalue weighted by Crippen LogP contribution is -2.42. The number of nitro groups is 1. The number of nitrogens with zero attached hydrogens (tertiary/aromatic N) is 2. The third kappa shape index (κ3) is 3.57. The number of carbonyl (C=O) groups is 2. The van der Waals surface area contributed by atoms with Gasteiger partial charge in [0.05, 0.1) is 17.4 Å². The van der Waals surface area contributed by atoms with Gasteiger partial charge in [-0.15, -0.1) is 0 Å². The van der Waals surface area contributed by atoms with Gasteiger partial charge in [0.15, 0.2) is 0 Å². The molecule has 2 rings (SSSR count). The number of hydrogen-bond acceptors (Lipinski definition) is 4. The summed E-state index contributed by atoms with van der Waals surface area (Å²) in [4.78, 5) is 34.8. The summed E-state index contributed by atoms with van der Waals surface area (Å²) in [6, 6.07) is 4.60. The molecule has 1 saturated heterocycles. The number of nitro benzene ring substituents is 1. The zero-order valence-corrected chi connectivity index (χ0v) is 12.6. The summed E-state index contributed by atoms with van der Waals surface area (Å²) in [6.07, 6.45) is 0.467. The highest BCUT2D eigenvalue weighted by molar-refractivity contribution is 9.10. The average molecular weight is 357 g/mol. The van der Waals surface area contributed by atoms with Gasteiger partial charge in [0, 0.05) is 29.1 Å². The summed E-state index contributed by atoms with van der Waals surface area (Å²) >= 11 is 3.17. The van der Waals surface area contributed by atoms with E-state index in [1.54, 1.807) is 12.1 Å². The fourth-order valence-electron chi connectivity index (χ4n) is 2.32. The zero-order chi connectivity index (χ0) is 15.6. The van der Waals surface area contributed by atoms with Crippen molar-refractivity contribution in [1.82, 2.24) is 4.90 Å². The lowest BCUT2D eigenvalue weighted by Gasteiger charge is -2.30. The van der Waals surface area contributed by atoms with Crippen LogP contribution in [-0.4, -0.2) is 33.4 Å². The fraction of sp³-hybridized carbons (Fsp3) is 0.385. The highest BCUT2D eigenvalue weighted by atomic mass is 79.9. The van der Waals surface area contributed by atoms with Crippen LogP contribution in [0.2, 0.25) is 0 Å². The summed E-state index contributed by atoms with van der Waals surface area (Å²) < 4.78 is 0.575. The van der Waals surface area contributed by atoms with Gasteiger partial charge < -0.3 is 10.0 Å². The largest absolute Gasteiger partial charge is 0.481 e. The number of hydrogen-bond donors (Lipinski definition) is 1. The molecular formula is C13H13BrN2O5. The van der Waals surface area contributed by atoms with E-state index in [-0.39, 0.29) is 31.1 Å². The molecule has 0 aliphatic carbocycles. The second-order valence-corrected chi connectivity index (χ2v) is 5.79. The smallest absolute Gasteiger partial charge is 0.308 e. The first-order valence-electron chi connectivity index (χ1n) is 6.32. The topological polar surface area (TPSA) is 101 Å². The van der Waals surface area contributed by atoms with Crippen LogP contribution in [0.15, 0.2) is 22.7 Å². The van der Waals surface area contributed by atoms with Gasteiger partial charge in [0.2, 0.25) is 5.91 Å².